The van der Waals surface area contributed by atoms with Crippen molar-refractivity contribution in [1.82, 2.24) is 0 Å². The van der Waals surface area contributed by atoms with Gasteiger partial charge < -0.3 is 9.64 Å². The average molecular weight is 324 g/mol. The predicted molar refractivity (Wildman–Crippen MR) is 95.1 cm³/mol. The third-order valence-corrected chi connectivity index (χ3v) is 4.86. The maximum Gasteiger partial charge on any atom is 0.318 e. The van der Waals surface area contributed by atoms with Crippen molar-refractivity contribution in [1.29, 1.82) is 0 Å². The number of carbonyl (C=O) groups is 1. The van der Waals surface area contributed by atoms with Gasteiger partial charge in [0.05, 0.1) is 13.1 Å². The summed E-state index contributed by atoms with van der Waals surface area (Å²) in [6, 6.07) is 19.9. The van der Waals surface area contributed by atoms with Gasteiger partial charge >= 0.3 is 5.97 Å². The molecule has 3 rings (SSSR count). The minimum Gasteiger partial charge on any atom is -0.456 e. The van der Waals surface area contributed by atoms with E-state index in [9.17, 15) is 4.79 Å². The zero-order chi connectivity index (χ0) is 16.8. The fourth-order valence-corrected chi connectivity index (χ4v) is 3.52. The Morgan fingerprint density at radius 3 is 2.21 bits per heavy atom. The van der Waals surface area contributed by atoms with Crippen molar-refractivity contribution >= 4 is 5.97 Å². The molecule has 0 radical (unpaired) electrons. The minimum atomic E-state index is -0.348. The Bertz CT molecular complexity index is 602. The Morgan fingerprint density at radius 2 is 1.67 bits per heavy atom. The summed E-state index contributed by atoms with van der Waals surface area (Å²) in [6.45, 7) is 5.40. The molecule has 2 aromatic carbocycles. The molecule has 0 amide bonds. The van der Waals surface area contributed by atoms with Crippen LogP contribution in [0.15, 0.2) is 60.7 Å². The molecule has 0 aliphatic carbocycles. The van der Waals surface area contributed by atoms with Gasteiger partial charge in [-0.15, -0.1) is 0 Å². The van der Waals surface area contributed by atoms with Gasteiger partial charge in [-0.05, 0) is 24.5 Å². The molecule has 0 saturated carbocycles. The van der Waals surface area contributed by atoms with Crippen molar-refractivity contribution in [2.75, 3.05) is 19.6 Å². The monoisotopic (exact) mass is 324 g/mol. The van der Waals surface area contributed by atoms with Gasteiger partial charge in [-0.2, -0.15) is 0 Å². The topological polar surface area (TPSA) is 30.7 Å². The number of hydrogen-bond donors (Lipinski definition) is 1. The smallest absolute Gasteiger partial charge is 0.318 e. The van der Waals surface area contributed by atoms with E-state index in [-0.39, 0.29) is 18.0 Å². The quantitative estimate of drug-likeness (QED) is 0.857. The highest BCUT2D eigenvalue weighted by atomic mass is 16.5. The molecule has 126 valence electrons. The number of likely N-dealkylation sites (tertiary alicyclic amines) is 1. The van der Waals surface area contributed by atoms with Crippen molar-refractivity contribution in [2.24, 2.45) is 0 Å². The van der Waals surface area contributed by atoms with E-state index in [1.54, 1.807) is 0 Å². The van der Waals surface area contributed by atoms with Crippen LogP contribution in [0.1, 0.15) is 36.8 Å². The normalized spacial score (nSPS) is 20.8. The zero-order valence-corrected chi connectivity index (χ0v) is 14.3. The van der Waals surface area contributed by atoms with Crippen LogP contribution in [0, 0.1) is 0 Å². The van der Waals surface area contributed by atoms with Crippen molar-refractivity contribution in [3.05, 3.63) is 71.8 Å². The zero-order valence-electron chi connectivity index (χ0n) is 14.3. The number of rotatable bonds is 5. The molecule has 3 heteroatoms. The molecule has 1 unspecified atom stereocenters. The van der Waals surface area contributed by atoms with E-state index < -0.39 is 0 Å². The molecule has 1 aliphatic heterocycles. The first-order valence-electron chi connectivity index (χ1n) is 8.92. The summed E-state index contributed by atoms with van der Waals surface area (Å²) in [5, 5.41) is 0. The lowest BCUT2D eigenvalue weighted by atomic mass is 9.91. The van der Waals surface area contributed by atoms with Crippen molar-refractivity contribution in [2.45, 2.75) is 31.8 Å². The standard InChI is InChI=1S/C21H25NO2/c1-2-22-15-9-14-19(16-22)24-21(23)20(17-10-5-3-6-11-17)18-12-7-4-8-13-18/h3-8,10-13,19-20H,2,9,14-16H2,1H3/p+1/t19-/m0/s1. The van der Waals surface area contributed by atoms with E-state index in [1.807, 2.05) is 60.7 Å². The lowest BCUT2D eigenvalue weighted by Gasteiger charge is -2.30. The van der Waals surface area contributed by atoms with Gasteiger partial charge in [0, 0.05) is 6.42 Å². The number of hydrogen-bond acceptors (Lipinski definition) is 2. The number of benzene rings is 2. The lowest BCUT2D eigenvalue weighted by Crippen LogP contribution is -3.13. The maximum atomic E-state index is 13.0. The van der Waals surface area contributed by atoms with Gasteiger partial charge in [-0.25, -0.2) is 0 Å². The van der Waals surface area contributed by atoms with E-state index in [2.05, 4.69) is 6.92 Å². The molecule has 24 heavy (non-hydrogen) atoms. The largest absolute Gasteiger partial charge is 0.456 e. The van der Waals surface area contributed by atoms with Gasteiger partial charge in [0.25, 0.3) is 0 Å². The highest BCUT2D eigenvalue weighted by molar-refractivity contribution is 5.82. The van der Waals surface area contributed by atoms with Crippen molar-refractivity contribution < 1.29 is 14.4 Å². The van der Waals surface area contributed by atoms with E-state index >= 15 is 0 Å². The Balaban J connectivity index is 1.79. The molecule has 0 aromatic heterocycles. The Kier molecular flexibility index (Phi) is 5.65. The van der Waals surface area contributed by atoms with E-state index in [1.165, 1.54) is 11.4 Å². The third kappa shape index (κ3) is 4.04. The fourth-order valence-electron chi connectivity index (χ4n) is 3.52. The van der Waals surface area contributed by atoms with Crippen LogP contribution in [0.5, 0.6) is 0 Å². The average Bonchev–Trinajstić information content (AvgIpc) is 2.64. The highest BCUT2D eigenvalue weighted by Gasteiger charge is 2.30. The summed E-state index contributed by atoms with van der Waals surface area (Å²) in [5.74, 6) is -0.478. The second-order valence-electron chi connectivity index (χ2n) is 6.51. The number of nitrogens with one attached hydrogen (secondary N) is 1. The molecule has 1 saturated heterocycles. The molecule has 2 aromatic rings. The number of quaternary nitrogens is 1. The van der Waals surface area contributed by atoms with Gasteiger partial charge in [-0.3, -0.25) is 4.79 Å². The van der Waals surface area contributed by atoms with Crippen molar-refractivity contribution in [3.63, 3.8) is 0 Å². The van der Waals surface area contributed by atoms with E-state index in [0.29, 0.717) is 0 Å². The molecular formula is C21H26NO2+. The second-order valence-corrected chi connectivity index (χ2v) is 6.51. The van der Waals surface area contributed by atoms with Crippen molar-refractivity contribution in [3.8, 4) is 0 Å². The van der Waals surface area contributed by atoms with Crippen LogP contribution in [-0.2, 0) is 9.53 Å². The minimum absolute atomic E-state index is 0.0381. The van der Waals surface area contributed by atoms with Gasteiger partial charge in [0.2, 0.25) is 0 Å². The lowest BCUT2D eigenvalue weighted by molar-refractivity contribution is -0.906. The van der Waals surface area contributed by atoms with Gasteiger partial charge in [0.15, 0.2) is 6.10 Å². The van der Waals surface area contributed by atoms with E-state index in [0.717, 1.165) is 37.1 Å². The third-order valence-electron chi connectivity index (χ3n) is 4.86. The summed E-state index contributed by atoms with van der Waals surface area (Å²) in [4.78, 5) is 14.5. The van der Waals surface area contributed by atoms with Crippen LogP contribution in [0.3, 0.4) is 0 Å². The molecule has 3 nitrogen and oxygen atoms in total. The molecule has 1 N–H and O–H groups in total. The summed E-state index contributed by atoms with van der Waals surface area (Å²) in [6.07, 6.45) is 2.14. The highest BCUT2D eigenvalue weighted by Crippen LogP contribution is 2.26. The van der Waals surface area contributed by atoms with Crippen LogP contribution in [0.25, 0.3) is 0 Å². The molecule has 1 heterocycles. The van der Waals surface area contributed by atoms with Crippen LogP contribution in [-0.4, -0.2) is 31.7 Å². The summed E-state index contributed by atoms with van der Waals surface area (Å²) in [5.41, 5.74) is 1.98. The van der Waals surface area contributed by atoms with Crippen LogP contribution >= 0.6 is 0 Å². The number of esters is 1. The molecule has 0 bridgehead atoms. The summed E-state index contributed by atoms with van der Waals surface area (Å²) < 4.78 is 5.93. The Hall–Kier alpha value is -2.13. The van der Waals surface area contributed by atoms with Crippen LogP contribution in [0.2, 0.25) is 0 Å². The molecule has 1 fully saturated rings. The Morgan fingerprint density at radius 1 is 1.08 bits per heavy atom. The summed E-state index contributed by atoms with van der Waals surface area (Å²) >= 11 is 0. The molecule has 2 atom stereocenters. The number of carbonyl (C=O) groups excluding carboxylic acids is 1. The SMILES string of the molecule is CC[NH+]1CCC[C@H](OC(=O)C(c2ccccc2)c2ccccc2)C1. The first-order chi connectivity index (χ1) is 11.8. The molecule has 1 aliphatic rings. The predicted octanol–water partition coefficient (Wildman–Crippen LogP) is 2.43. The van der Waals surface area contributed by atoms with Crippen LogP contribution in [0.4, 0.5) is 0 Å². The summed E-state index contributed by atoms with van der Waals surface area (Å²) in [7, 11) is 0. The maximum absolute atomic E-state index is 13.0. The first-order valence-corrected chi connectivity index (χ1v) is 8.92. The van der Waals surface area contributed by atoms with Gasteiger partial charge in [-0.1, -0.05) is 60.7 Å². The first kappa shape index (κ1) is 16.7. The number of likely N-dealkylation sites (N-methyl/N-ethyl adjacent to an activating group) is 1. The second kappa shape index (κ2) is 8.11. The van der Waals surface area contributed by atoms with E-state index in [4.69, 9.17) is 4.74 Å². The van der Waals surface area contributed by atoms with Crippen LogP contribution < -0.4 is 4.90 Å². The molecular weight excluding hydrogens is 298 g/mol. The number of ether oxygens (including phenoxy) is 1. The Labute approximate surface area is 144 Å². The van der Waals surface area contributed by atoms with Gasteiger partial charge in [0.1, 0.15) is 12.5 Å². The number of piperidine rings is 1. The molecule has 0 spiro atoms. The fraction of sp³-hybridized carbons (Fsp3) is 0.381.